The maximum absolute atomic E-state index is 13.0. The first-order chi connectivity index (χ1) is 11.9. The van der Waals surface area contributed by atoms with Crippen LogP contribution in [0.4, 0.5) is 0 Å². The monoisotopic (exact) mass is 341 g/mol. The van der Waals surface area contributed by atoms with Crippen LogP contribution in [0.1, 0.15) is 48.5 Å². The molecule has 3 saturated carbocycles. The third-order valence-corrected chi connectivity index (χ3v) is 6.94. The van der Waals surface area contributed by atoms with Gasteiger partial charge in [0.2, 0.25) is 0 Å². The number of nitrogens with one attached hydrogen (secondary N) is 1. The second-order valence-corrected chi connectivity index (χ2v) is 8.68. The van der Waals surface area contributed by atoms with Crippen LogP contribution in [0.25, 0.3) is 0 Å². The smallest absolute Gasteiger partial charge is 0.251 e. The van der Waals surface area contributed by atoms with Gasteiger partial charge in [0.05, 0.1) is 12.2 Å². The van der Waals surface area contributed by atoms with Crippen molar-refractivity contribution in [3.63, 3.8) is 0 Å². The Morgan fingerprint density at radius 1 is 1.36 bits per heavy atom. The average Bonchev–Trinajstić information content (AvgIpc) is 2.88. The summed E-state index contributed by atoms with van der Waals surface area (Å²) in [7, 11) is 3.68. The highest BCUT2D eigenvalue weighted by molar-refractivity contribution is 6.32. The van der Waals surface area contributed by atoms with Crippen LogP contribution in [0.15, 0.2) is 18.2 Å². The van der Waals surface area contributed by atoms with E-state index < -0.39 is 5.60 Å². The zero-order valence-electron chi connectivity index (χ0n) is 15.4. The quantitative estimate of drug-likeness (QED) is 0.804. The van der Waals surface area contributed by atoms with Crippen molar-refractivity contribution in [2.45, 2.75) is 50.9 Å². The number of amides is 1. The van der Waals surface area contributed by atoms with Crippen molar-refractivity contribution in [3.8, 4) is 0 Å². The normalized spacial score (nSPS) is 38.8. The molecule has 0 aliphatic heterocycles. The Hall–Kier alpha value is -1.33. The molecule has 5 heteroatoms. The van der Waals surface area contributed by atoms with E-state index in [1.807, 2.05) is 26.0 Å². The maximum Gasteiger partial charge on any atom is 0.251 e. The fourth-order valence-corrected chi connectivity index (χ4v) is 5.88. The highest BCUT2D eigenvalue weighted by atomic mass is 16.5. The molecule has 3 fully saturated rings. The molecule has 0 spiro atoms. The number of methoxy groups -OCH3 is 1. The van der Waals surface area contributed by atoms with Gasteiger partial charge in [-0.3, -0.25) is 4.79 Å². The summed E-state index contributed by atoms with van der Waals surface area (Å²) < 4.78 is 5.27. The molecule has 4 rings (SSSR count). The Balaban J connectivity index is 1.55. The summed E-state index contributed by atoms with van der Waals surface area (Å²) in [4.78, 5) is 13.0. The minimum absolute atomic E-state index is 0.00471. The minimum atomic E-state index is -0.469. The fourth-order valence-electron chi connectivity index (χ4n) is 5.88. The van der Waals surface area contributed by atoms with E-state index in [-0.39, 0.29) is 11.9 Å². The molecule has 4 nitrogen and oxygen atoms in total. The molecule has 2 N–H and O–H groups in total. The Labute approximate surface area is 150 Å². The fraction of sp³-hybridized carbons (Fsp3) is 0.650. The van der Waals surface area contributed by atoms with Crippen LogP contribution in [0, 0.1) is 23.7 Å². The van der Waals surface area contributed by atoms with E-state index in [4.69, 9.17) is 4.74 Å². The van der Waals surface area contributed by atoms with Gasteiger partial charge in [0.1, 0.15) is 7.85 Å². The van der Waals surface area contributed by atoms with Crippen molar-refractivity contribution >= 4 is 19.2 Å². The molecule has 0 radical (unpaired) electrons. The van der Waals surface area contributed by atoms with Crippen LogP contribution in [0.2, 0.25) is 0 Å². The third-order valence-electron chi connectivity index (χ3n) is 6.94. The lowest BCUT2D eigenvalue weighted by Crippen LogP contribution is -2.54. The van der Waals surface area contributed by atoms with Gasteiger partial charge in [-0.15, -0.1) is 0 Å². The molecule has 6 atom stereocenters. The first kappa shape index (κ1) is 17.1. The van der Waals surface area contributed by atoms with E-state index in [2.05, 4.69) is 12.2 Å². The van der Waals surface area contributed by atoms with Crippen LogP contribution in [-0.4, -0.2) is 37.6 Å². The van der Waals surface area contributed by atoms with Crippen LogP contribution in [0.3, 0.4) is 0 Å². The van der Waals surface area contributed by atoms with Crippen LogP contribution in [-0.2, 0) is 11.3 Å². The molecular weight excluding hydrogens is 313 g/mol. The number of hydrogen-bond acceptors (Lipinski definition) is 3. The van der Waals surface area contributed by atoms with Gasteiger partial charge in [0.25, 0.3) is 5.91 Å². The number of fused-ring (bicyclic) bond motifs is 1. The summed E-state index contributed by atoms with van der Waals surface area (Å²) in [5.74, 6) is 1.94. The maximum atomic E-state index is 13.0. The lowest BCUT2D eigenvalue weighted by atomic mass is 9.59. The average molecular weight is 341 g/mol. The first-order valence-corrected chi connectivity index (χ1v) is 9.53. The van der Waals surface area contributed by atoms with Gasteiger partial charge in [-0.25, -0.2) is 0 Å². The predicted molar refractivity (Wildman–Crippen MR) is 99.6 cm³/mol. The van der Waals surface area contributed by atoms with Crippen LogP contribution in [0.5, 0.6) is 0 Å². The SMILES string of the molecule is Bc1ccc(C(=O)N[C@@H]2C(C)C[C@]3(O)CC4CC2CC43)c(COC)c1. The van der Waals surface area contributed by atoms with Crippen molar-refractivity contribution in [2.75, 3.05) is 7.11 Å². The second kappa shape index (κ2) is 6.13. The Bertz CT molecular complexity index is 694. The highest BCUT2D eigenvalue weighted by Gasteiger charge is 2.61. The lowest BCUT2D eigenvalue weighted by molar-refractivity contribution is -0.138. The van der Waals surface area contributed by atoms with E-state index >= 15 is 0 Å². The number of hydrogen-bond donors (Lipinski definition) is 2. The summed E-state index contributed by atoms with van der Waals surface area (Å²) >= 11 is 0. The molecule has 4 unspecified atom stereocenters. The van der Waals surface area contributed by atoms with Gasteiger partial charge >= 0.3 is 0 Å². The van der Waals surface area contributed by atoms with Gasteiger partial charge in [-0.2, -0.15) is 0 Å². The van der Waals surface area contributed by atoms with Gasteiger partial charge < -0.3 is 15.2 Å². The number of carbonyl (C=O) groups is 1. The number of rotatable bonds is 4. The number of aliphatic hydroxyl groups is 1. The summed E-state index contributed by atoms with van der Waals surface area (Å²) in [6.45, 7) is 2.63. The standard InChI is InChI=1S/C20H28BNO3/c1-11-8-20(24)9-13-5-12(7-17(13)20)18(11)22-19(23)16-4-3-15(21)6-14(16)10-25-2/h3-4,6,11-13,17-18,24H,5,7-10,21H2,1-2H3,(H,22,23)/t11?,12?,13?,17?,18-,20+/m1/s1. The molecule has 3 aliphatic rings. The van der Waals surface area contributed by atoms with Crippen LogP contribution < -0.4 is 10.8 Å². The van der Waals surface area contributed by atoms with Crippen molar-refractivity contribution < 1.29 is 14.6 Å². The van der Waals surface area contributed by atoms with Gasteiger partial charge in [0.15, 0.2) is 0 Å². The van der Waals surface area contributed by atoms with E-state index in [0.717, 1.165) is 36.7 Å². The zero-order valence-corrected chi connectivity index (χ0v) is 15.4. The summed E-state index contributed by atoms with van der Waals surface area (Å²) in [5, 5.41) is 14.2. The van der Waals surface area contributed by atoms with Crippen molar-refractivity contribution in [1.82, 2.24) is 5.32 Å². The molecule has 1 aromatic rings. The molecular formula is C20H28BNO3. The number of benzene rings is 1. The second-order valence-electron chi connectivity index (χ2n) is 8.68. The molecule has 134 valence electrons. The summed E-state index contributed by atoms with van der Waals surface area (Å²) in [6.07, 6.45) is 4.00. The highest BCUT2D eigenvalue weighted by Crippen LogP contribution is 2.61. The molecule has 3 aliphatic carbocycles. The van der Waals surface area contributed by atoms with E-state index in [0.29, 0.717) is 35.8 Å². The first-order valence-electron chi connectivity index (χ1n) is 9.53. The molecule has 1 aromatic carbocycles. The van der Waals surface area contributed by atoms with E-state index in [1.165, 1.54) is 0 Å². The topological polar surface area (TPSA) is 58.6 Å². The number of ether oxygens (including phenoxy) is 1. The van der Waals surface area contributed by atoms with Gasteiger partial charge in [0, 0.05) is 18.7 Å². The molecule has 0 heterocycles. The molecule has 2 bridgehead atoms. The van der Waals surface area contributed by atoms with Gasteiger partial charge in [-0.1, -0.05) is 24.5 Å². The Morgan fingerprint density at radius 2 is 2.16 bits per heavy atom. The van der Waals surface area contributed by atoms with Crippen molar-refractivity contribution in [3.05, 3.63) is 29.3 Å². The lowest BCUT2D eigenvalue weighted by Gasteiger charge is -2.50. The molecule has 1 amide bonds. The van der Waals surface area contributed by atoms with E-state index in [9.17, 15) is 9.90 Å². The third kappa shape index (κ3) is 2.82. The van der Waals surface area contributed by atoms with Crippen LogP contribution >= 0.6 is 0 Å². The summed E-state index contributed by atoms with van der Waals surface area (Å²) in [6, 6.07) is 6.07. The van der Waals surface area contributed by atoms with Crippen molar-refractivity contribution in [1.29, 1.82) is 0 Å². The van der Waals surface area contributed by atoms with Crippen molar-refractivity contribution in [2.24, 2.45) is 23.7 Å². The molecule has 0 saturated heterocycles. The van der Waals surface area contributed by atoms with E-state index in [1.54, 1.807) is 7.11 Å². The Kier molecular flexibility index (Phi) is 4.20. The minimum Gasteiger partial charge on any atom is -0.390 e. The Morgan fingerprint density at radius 3 is 2.92 bits per heavy atom. The molecule has 25 heavy (non-hydrogen) atoms. The summed E-state index contributed by atoms with van der Waals surface area (Å²) in [5.41, 5.74) is 2.31. The molecule has 0 aromatic heterocycles. The number of carbonyl (C=O) groups excluding carboxylic acids is 1. The largest absolute Gasteiger partial charge is 0.390 e. The zero-order chi connectivity index (χ0) is 17.8. The predicted octanol–water partition coefficient (Wildman–Crippen LogP) is 1.01. The van der Waals surface area contributed by atoms with Gasteiger partial charge in [-0.05, 0) is 61.0 Å².